The van der Waals surface area contributed by atoms with E-state index in [1.807, 2.05) is 0 Å². The Morgan fingerprint density at radius 1 is 1.18 bits per heavy atom. The van der Waals surface area contributed by atoms with Crippen molar-refractivity contribution in [2.75, 3.05) is 38.7 Å². The van der Waals surface area contributed by atoms with Gasteiger partial charge >= 0.3 is 0 Å². The zero-order valence-corrected chi connectivity index (χ0v) is 17.3. The molecular weight excluding hydrogens is 400 g/mol. The van der Waals surface area contributed by atoms with Gasteiger partial charge in [-0.2, -0.15) is 4.31 Å². The van der Waals surface area contributed by atoms with E-state index in [4.69, 9.17) is 9.47 Å². The maximum atomic E-state index is 12.6. The monoisotopic (exact) mass is 424 g/mol. The summed E-state index contributed by atoms with van der Waals surface area (Å²) in [5.74, 6) is 0.427. The molecule has 0 aliphatic carbocycles. The number of sulfonamides is 1. The molecule has 0 radical (unpaired) electrons. The van der Waals surface area contributed by atoms with E-state index in [2.05, 4.69) is 5.32 Å². The van der Waals surface area contributed by atoms with Gasteiger partial charge in [-0.15, -0.1) is 11.3 Å². The molecule has 152 valence electrons. The average molecular weight is 425 g/mol. The van der Waals surface area contributed by atoms with Crippen LogP contribution in [0.15, 0.2) is 46.0 Å². The van der Waals surface area contributed by atoms with E-state index >= 15 is 0 Å². The van der Waals surface area contributed by atoms with Gasteiger partial charge in [-0.25, -0.2) is 8.42 Å². The predicted molar refractivity (Wildman–Crippen MR) is 108 cm³/mol. The van der Waals surface area contributed by atoms with Crippen molar-refractivity contribution in [1.29, 1.82) is 0 Å². The number of carbonyl (C=O) groups is 1. The molecule has 1 saturated heterocycles. The number of benzene rings is 1. The first-order chi connectivity index (χ1) is 13.5. The molecule has 0 spiro atoms. The van der Waals surface area contributed by atoms with E-state index in [-0.39, 0.29) is 11.8 Å². The largest absolute Gasteiger partial charge is 0.491 e. The Morgan fingerprint density at radius 2 is 1.89 bits per heavy atom. The van der Waals surface area contributed by atoms with E-state index in [0.29, 0.717) is 54.8 Å². The SMILES string of the molecule is COCCOc1ccc(NC(=O)C2CCN(S(=O)(=O)c3cccs3)CC2)cc1. The zero-order chi connectivity index (χ0) is 20.0. The van der Waals surface area contributed by atoms with Crippen molar-refractivity contribution < 1.29 is 22.7 Å². The third-order valence-electron chi connectivity index (χ3n) is 4.59. The smallest absolute Gasteiger partial charge is 0.252 e. The standard InChI is InChI=1S/C19H24N2O5S2/c1-25-12-13-26-17-6-4-16(5-7-17)20-19(22)15-8-10-21(11-9-15)28(23,24)18-3-2-14-27-18/h2-7,14-15H,8-13H2,1H3,(H,20,22). The average Bonchev–Trinajstić information content (AvgIpc) is 3.25. The first-order valence-corrected chi connectivity index (χ1v) is 11.4. The molecule has 0 unspecified atom stereocenters. The van der Waals surface area contributed by atoms with Crippen LogP contribution in [0.25, 0.3) is 0 Å². The Labute approximate surface area is 169 Å². The fourth-order valence-corrected chi connectivity index (χ4v) is 5.63. The lowest BCUT2D eigenvalue weighted by Crippen LogP contribution is -2.41. The Balaban J connectivity index is 1.50. The van der Waals surface area contributed by atoms with Crippen molar-refractivity contribution in [2.24, 2.45) is 5.92 Å². The Hall–Kier alpha value is -1.94. The molecule has 1 N–H and O–H groups in total. The van der Waals surface area contributed by atoms with Gasteiger partial charge in [-0.3, -0.25) is 4.79 Å². The van der Waals surface area contributed by atoms with E-state index in [1.54, 1.807) is 48.9 Å². The number of ether oxygens (including phenoxy) is 2. The molecule has 0 bridgehead atoms. The third kappa shape index (κ3) is 5.11. The number of piperidine rings is 1. The number of rotatable bonds is 8. The number of thiophene rings is 1. The molecule has 1 fully saturated rings. The van der Waals surface area contributed by atoms with Crippen molar-refractivity contribution in [3.63, 3.8) is 0 Å². The fraction of sp³-hybridized carbons (Fsp3) is 0.421. The van der Waals surface area contributed by atoms with Crippen molar-refractivity contribution in [2.45, 2.75) is 17.1 Å². The fourth-order valence-electron chi connectivity index (χ4n) is 3.02. The second-order valence-corrected chi connectivity index (χ2v) is 9.58. The lowest BCUT2D eigenvalue weighted by atomic mass is 9.97. The Bertz CT molecular complexity index is 858. The van der Waals surface area contributed by atoms with Crippen molar-refractivity contribution >= 4 is 33.0 Å². The maximum Gasteiger partial charge on any atom is 0.252 e. The minimum Gasteiger partial charge on any atom is -0.491 e. The van der Waals surface area contributed by atoms with Gasteiger partial charge in [0.15, 0.2) is 0 Å². The zero-order valence-electron chi connectivity index (χ0n) is 15.7. The topological polar surface area (TPSA) is 84.9 Å². The van der Waals surface area contributed by atoms with Gasteiger partial charge in [0.2, 0.25) is 5.91 Å². The van der Waals surface area contributed by atoms with Crippen molar-refractivity contribution in [1.82, 2.24) is 4.31 Å². The van der Waals surface area contributed by atoms with Gasteiger partial charge in [0, 0.05) is 31.8 Å². The van der Waals surface area contributed by atoms with Gasteiger partial charge in [-0.05, 0) is 48.6 Å². The summed E-state index contributed by atoms with van der Waals surface area (Å²) >= 11 is 1.21. The van der Waals surface area contributed by atoms with Crippen molar-refractivity contribution in [3.05, 3.63) is 41.8 Å². The van der Waals surface area contributed by atoms with E-state index in [1.165, 1.54) is 15.6 Å². The summed E-state index contributed by atoms with van der Waals surface area (Å²) in [7, 11) is -1.83. The van der Waals surface area contributed by atoms with Crippen LogP contribution in [0, 0.1) is 5.92 Å². The number of amides is 1. The molecule has 2 heterocycles. The number of hydrogen-bond acceptors (Lipinski definition) is 6. The third-order valence-corrected chi connectivity index (χ3v) is 7.86. The number of carbonyl (C=O) groups excluding carboxylic acids is 1. The van der Waals surface area contributed by atoms with Gasteiger partial charge in [0.05, 0.1) is 6.61 Å². The highest BCUT2D eigenvalue weighted by Gasteiger charge is 2.32. The number of methoxy groups -OCH3 is 1. The second kappa shape index (κ2) is 9.51. The van der Waals surface area contributed by atoms with Gasteiger partial charge in [-0.1, -0.05) is 6.07 Å². The summed E-state index contributed by atoms with van der Waals surface area (Å²) < 4.78 is 37.4. The highest BCUT2D eigenvalue weighted by molar-refractivity contribution is 7.91. The first kappa shape index (κ1) is 20.8. The second-order valence-electron chi connectivity index (χ2n) is 6.47. The van der Waals surface area contributed by atoms with Crippen LogP contribution in [0.1, 0.15) is 12.8 Å². The lowest BCUT2D eigenvalue weighted by molar-refractivity contribution is -0.120. The molecule has 0 saturated carbocycles. The maximum absolute atomic E-state index is 12.6. The number of hydrogen-bond donors (Lipinski definition) is 1. The number of anilines is 1. The van der Waals surface area contributed by atoms with Crippen LogP contribution in [0.5, 0.6) is 5.75 Å². The summed E-state index contributed by atoms with van der Waals surface area (Å²) in [6.07, 6.45) is 1.02. The van der Waals surface area contributed by atoms with E-state index < -0.39 is 10.0 Å². The molecule has 1 aliphatic heterocycles. The molecule has 1 aliphatic rings. The summed E-state index contributed by atoms with van der Waals surface area (Å²) in [5.41, 5.74) is 0.692. The number of nitrogens with one attached hydrogen (secondary N) is 1. The summed E-state index contributed by atoms with van der Waals surface area (Å²) in [4.78, 5) is 12.5. The van der Waals surface area contributed by atoms with Crippen LogP contribution in [-0.4, -0.2) is 52.0 Å². The number of nitrogens with zero attached hydrogens (tertiary/aromatic N) is 1. The van der Waals surface area contributed by atoms with Gasteiger partial charge in [0.25, 0.3) is 10.0 Å². The van der Waals surface area contributed by atoms with Crippen molar-refractivity contribution in [3.8, 4) is 5.75 Å². The molecule has 1 amide bonds. The van der Waals surface area contributed by atoms with Gasteiger partial charge < -0.3 is 14.8 Å². The summed E-state index contributed by atoms with van der Waals surface area (Å²) in [6.45, 7) is 1.68. The quantitative estimate of drug-likeness (QED) is 0.659. The molecule has 1 aromatic heterocycles. The highest BCUT2D eigenvalue weighted by atomic mass is 32.2. The molecule has 2 aromatic rings. The minimum absolute atomic E-state index is 0.0822. The van der Waals surface area contributed by atoms with Gasteiger partial charge in [0.1, 0.15) is 16.6 Å². The summed E-state index contributed by atoms with van der Waals surface area (Å²) in [5, 5.41) is 4.65. The van der Waals surface area contributed by atoms with Crippen LogP contribution < -0.4 is 10.1 Å². The normalized spacial score (nSPS) is 16.0. The van der Waals surface area contributed by atoms with Crippen LogP contribution >= 0.6 is 11.3 Å². The lowest BCUT2D eigenvalue weighted by Gasteiger charge is -2.30. The van der Waals surface area contributed by atoms with E-state index in [0.717, 1.165) is 0 Å². The van der Waals surface area contributed by atoms with Crippen LogP contribution in [0.3, 0.4) is 0 Å². The molecular formula is C19H24N2O5S2. The highest BCUT2D eigenvalue weighted by Crippen LogP contribution is 2.27. The van der Waals surface area contributed by atoms with Crippen LogP contribution in [0.2, 0.25) is 0 Å². The summed E-state index contributed by atoms with van der Waals surface area (Å²) in [6, 6.07) is 10.5. The van der Waals surface area contributed by atoms with E-state index in [9.17, 15) is 13.2 Å². The minimum atomic E-state index is -3.44. The molecule has 3 rings (SSSR count). The Kier molecular flexibility index (Phi) is 7.06. The first-order valence-electron chi connectivity index (χ1n) is 9.07. The Morgan fingerprint density at radius 3 is 2.50 bits per heavy atom. The molecule has 9 heteroatoms. The molecule has 0 atom stereocenters. The molecule has 7 nitrogen and oxygen atoms in total. The van der Waals surface area contributed by atoms with Crippen LogP contribution in [-0.2, 0) is 19.6 Å². The molecule has 1 aromatic carbocycles. The van der Waals surface area contributed by atoms with Crippen LogP contribution in [0.4, 0.5) is 5.69 Å². The molecule has 28 heavy (non-hydrogen) atoms. The predicted octanol–water partition coefficient (Wildman–Crippen LogP) is 2.81.